The number of anilines is 2. The number of nitrogens with one attached hydrogen (secondary N) is 1. The van der Waals surface area contributed by atoms with Crippen LogP contribution in [0.3, 0.4) is 0 Å². The number of rotatable bonds is 6. The van der Waals surface area contributed by atoms with E-state index in [4.69, 9.17) is 0 Å². The third-order valence-corrected chi connectivity index (χ3v) is 3.84. The van der Waals surface area contributed by atoms with Crippen molar-refractivity contribution in [1.82, 2.24) is 19.1 Å². The van der Waals surface area contributed by atoms with Gasteiger partial charge in [-0.05, 0) is 25.2 Å². The molecule has 6 heteroatoms. The zero-order valence-corrected chi connectivity index (χ0v) is 12.2. The molecule has 1 aliphatic rings. The van der Waals surface area contributed by atoms with Crippen LogP contribution in [0.25, 0.3) is 0 Å². The van der Waals surface area contributed by atoms with Crippen LogP contribution >= 0.6 is 11.5 Å². The van der Waals surface area contributed by atoms with Gasteiger partial charge in [0.15, 0.2) is 5.82 Å². The molecule has 1 N–H and O–H groups in total. The average molecular weight is 277 g/mol. The molecule has 0 bridgehead atoms. The molecule has 0 radical (unpaired) electrons. The van der Waals surface area contributed by atoms with Crippen molar-refractivity contribution >= 4 is 22.5 Å². The molecule has 0 atom stereocenters. The Kier molecular flexibility index (Phi) is 3.50. The first-order valence-electron chi connectivity index (χ1n) is 6.85. The summed E-state index contributed by atoms with van der Waals surface area (Å²) in [5, 5.41) is 8.56. The highest BCUT2D eigenvalue weighted by Gasteiger charge is 2.27. The van der Waals surface area contributed by atoms with Gasteiger partial charge < -0.3 is 5.32 Å². The van der Waals surface area contributed by atoms with Crippen LogP contribution in [0.5, 0.6) is 0 Å². The molecule has 0 aromatic carbocycles. The van der Waals surface area contributed by atoms with Crippen molar-refractivity contribution in [3.05, 3.63) is 18.1 Å². The molecule has 0 spiro atoms. The van der Waals surface area contributed by atoms with Gasteiger partial charge >= 0.3 is 0 Å². The summed E-state index contributed by atoms with van der Waals surface area (Å²) in [6, 6.07) is 1.98. The van der Waals surface area contributed by atoms with Crippen molar-refractivity contribution in [1.29, 1.82) is 0 Å². The van der Waals surface area contributed by atoms with Gasteiger partial charge in [0.1, 0.15) is 5.82 Å². The molecule has 1 fully saturated rings. The van der Waals surface area contributed by atoms with E-state index < -0.39 is 0 Å². The summed E-state index contributed by atoms with van der Waals surface area (Å²) in [7, 11) is 0. The molecule has 0 aliphatic heterocycles. The monoisotopic (exact) mass is 277 g/mol. The lowest BCUT2D eigenvalue weighted by Gasteiger charge is -2.04. The molecule has 1 aliphatic carbocycles. The van der Waals surface area contributed by atoms with Gasteiger partial charge in [0.25, 0.3) is 0 Å². The van der Waals surface area contributed by atoms with E-state index in [2.05, 4.69) is 33.6 Å². The lowest BCUT2D eigenvalue weighted by molar-refractivity contribution is 0.488. The normalized spacial score (nSPS) is 15.1. The van der Waals surface area contributed by atoms with Crippen molar-refractivity contribution in [3.63, 3.8) is 0 Å². The quantitative estimate of drug-likeness (QED) is 0.879. The van der Waals surface area contributed by atoms with Crippen molar-refractivity contribution in [3.8, 4) is 0 Å². The molecule has 2 aromatic heterocycles. The summed E-state index contributed by atoms with van der Waals surface area (Å²) in [5.41, 5.74) is 0. The Hall–Kier alpha value is -1.43. The fourth-order valence-corrected chi connectivity index (χ4v) is 2.50. The van der Waals surface area contributed by atoms with Crippen LogP contribution in [0.1, 0.15) is 44.9 Å². The van der Waals surface area contributed by atoms with Crippen LogP contribution in [0.15, 0.2) is 12.3 Å². The number of nitrogens with zero attached hydrogens (tertiary/aromatic N) is 4. The third-order valence-electron chi connectivity index (χ3n) is 3.20. The molecular formula is C13H19N5S. The molecular weight excluding hydrogens is 258 g/mol. The fourth-order valence-electron chi connectivity index (χ4n) is 1.85. The van der Waals surface area contributed by atoms with E-state index in [0.29, 0.717) is 11.8 Å². The lowest BCUT2D eigenvalue weighted by atomic mass is 10.1. The Bertz CT molecular complexity index is 541. The van der Waals surface area contributed by atoms with E-state index in [1.54, 1.807) is 0 Å². The zero-order valence-electron chi connectivity index (χ0n) is 11.3. The minimum Gasteiger partial charge on any atom is -0.313 e. The van der Waals surface area contributed by atoms with E-state index in [-0.39, 0.29) is 0 Å². The highest BCUT2D eigenvalue weighted by molar-refractivity contribution is 7.09. The molecule has 3 rings (SSSR count). The van der Waals surface area contributed by atoms with Crippen LogP contribution in [-0.4, -0.2) is 19.1 Å². The topological polar surface area (TPSA) is 55.6 Å². The van der Waals surface area contributed by atoms with Crippen molar-refractivity contribution < 1.29 is 0 Å². The van der Waals surface area contributed by atoms with E-state index in [1.165, 1.54) is 24.4 Å². The van der Waals surface area contributed by atoms with E-state index in [0.717, 1.165) is 29.7 Å². The van der Waals surface area contributed by atoms with Gasteiger partial charge in [-0.3, -0.25) is 4.68 Å². The molecule has 2 aromatic rings. The number of aryl methyl sites for hydroxylation is 1. The minimum absolute atomic E-state index is 0.607. The smallest absolute Gasteiger partial charge is 0.208 e. The number of hydrogen-bond donors (Lipinski definition) is 1. The van der Waals surface area contributed by atoms with Crippen LogP contribution in [0.2, 0.25) is 0 Å². The molecule has 0 saturated heterocycles. The first kappa shape index (κ1) is 12.6. The van der Waals surface area contributed by atoms with Crippen molar-refractivity contribution in [2.45, 2.75) is 45.6 Å². The molecule has 19 heavy (non-hydrogen) atoms. The molecule has 0 unspecified atom stereocenters. The van der Waals surface area contributed by atoms with E-state index in [9.17, 15) is 0 Å². The Morgan fingerprint density at radius 3 is 3.05 bits per heavy atom. The molecule has 2 heterocycles. The van der Waals surface area contributed by atoms with Crippen molar-refractivity contribution in [2.75, 3.05) is 5.32 Å². The summed E-state index contributed by atoms with van der Waals surface area (Å²) in [6.07, 6.45) is 5.62. The molecule has 1 saturated carbocycles. The minimum atomic E-state index is 0.607. The standard InChI is InChI=1S/C13H19N5S/c1-9(2)5-7-18-8-6-11(16-18)14-13-15-12(17-19-13)10-3-4-10/h6,8-10H,3-5,7H2,1-2H3,(H,14,15,16,17). The number of hydrogen-bond acceptors (Lipinski definition) is 5. The maximum Gasteiger partial charge on any atom is 0.208 e. The van der Waals surface area contributed by atoms with Crippen molar-refractivity contribution in [2.24, 2.45) is 5.92 Å². The maximum atomic E-state index is 4.50. The Balaban J connectivity index is 1.59. The summed E-state index contributed by atoms with van der Waals surface area (Å²) in [5.74, 6) is 3.15. The van der Waals surface area contributed by atoms with Gasteiger partial charge in [-0.15, -0.1) is 0 Å². The first-order chi connectivity index (χ1) is 9.20. The van der Waals surface area contributed by atoms with E-state index >= 15 is 0 Å². The number of aromatic nitrogens is 4. The molecule has 0 amide bonds. The predicted octanol–water partition coefficient (Wildman–Crippen LogP) is 3.40. The summed E-state index contributed by atoms with van der Waals surface area (Å²) >= 11 is 1.42. The SMILES string of the molecule is CC(C)CCn1ccc(Nc2nc(C3CC3)ns2)n1. The predicted molar refractivity (Wildman–Crippen MR) is 76.8 cm³/mol. The van der Waals surface area contributed by atoms with Gasteiger partial charge in [0.05, 0.1) is 0 Å². The Morgan fingerprint density at radius 1 is 1.47 bits per heavy atom. The van der Waals surface area contributed by atoms with Gasteiger partial charge in [-0.25, -0.2) is 4.98 Å². The second kappa shape index (κ2) is 5.28. The van der Waals surface area contributed by atoms with Crippen LogP contribution in [0, 0.1) is 5.92 Å². The van der Waals surface area contributed by atoms with E-state index in [1.807, 2.05) is 16.9 Å². The molecule has 5 nitrogen and oxygen atoms in total. The molecule has 102 valence electrons. The summed E-state index contributed by atoms with van der Waals surface area (Å²) < 4.78 is 6.35. The highest BCUT2D eigenvalue weighted by Crippen LogP contribution is 2.39. The van der Waals surface area contributed by atoms with Crippen LogP contribution in [0.4, 0.5) is 10.9 Å². The third kappa shape index (κ3) is 3.32. The lowest BCUT2D eigenvalue weighted by Crippen LogP contribution is -2.02. The van der Waals surface area contributed by atoms with Gasteiger partial charge in [0, 0.05) is 36.3 Å². The van der Waals surface area contributed by atoms with Crippen LogP contribution < -0.4 is 5.32 Å². The van der Waals surface area contributed by atoms with Gasteiger partial charge in [0.2, 0.25) is 5.13 Å². The Morgan fingerprint density at radius 2 is 2.32 bits per heavy atom. The Labute approximate surface area is 117 Å². The van der Waals surface area contributed by atoms with Gasteiger partial charge in [-0.1, -0.05) is 13.8 Å². The summed E-state index contributed by atoms with van der Waals surface area (Å²) in [6.45, 7) is 5.41. The zero-order chi connectivity index (χ0) is 13.2. The average Bonchev–Trinajstić information content (AvgIpc) is 2.96. The van der Waals surface area contributed by atoms with Gasteiger partial charge in [-0.2, -0.15) is 9.47 Å². The van der Waals surface area contributed by atoms with Crippen LogP contribution in [-0.2, 0) is 6.54 Å². The first-order valence-corrected chi connectivity index (χ1v) is 7.62. The largest absolute Gasteiger partial charge is 0.313 e. The second-order valence-corrected chi connectivity index (χ2v) is 6.26. The fraction of sp³-hybridized carbons (Fsp3) is 0.615. The summed E-state index contributed by atoms with van der Waals surface area (Å²) in [4.78, 5) is 4.50. The maximum absolute atomic E-state index is 4.50. The second-order valence-electron chi connectivity index (χ2n) is 5.50. The highest BCUT2D eigenvalue weighted by atomic mass is 32.1.